The Hall–Kier alpha value is -2.05. The highest BCUT2D eigenvalue weighted by Gasteiger charge is 2.23. The van der Waals surface area contributed by atoms with E-state index in [1.54, 1.807) is 19.2 Å². The molecule has 0 bridgehead atoms. The number of benzene rings is 2. The lowest BCUT2D eigenvalue weighted by atomic mass is 9.96. The first-order valence-corrected chi connectivity index (χ1v) is 10.2. The van der Waals surface area contributed by atoms with Crippen molar-refractivity contribution in [3.63, 3.8) is 0 Å². The van der Waals surface area contributed by atoms with Crippen LogP contribution in [0, 0.1) is 5.92 Å². The third-order valence-corrected chi connectivity index (χ3v) is 5.84. The Balaban J connectivity index is 2.13. The van der Waals surface area contributed by atoms with Crippen LogP contribution in [0.25, 0.3) is 0 Å². The molecule has 2 rings (SSSR count). The highest BCUT2D eigenvalue weighted by Crippen LogP contribution is 2.24. The Morgan fingerprint density at radius 1 is 1.08 bits per heavy atom. The molecule has 1 N–H and O–H groups in total. The molecule has 0 saturated heterocycles. The van der Waals surface area contributed by atoms with Crippen LogP contribution in [0.5, 0.6) is 5.75 Å². The molecule has 26 heavy (non-hydrogen) atoms. The number of nitrogens with one attached hydrogen (secondary N) is 1. The second kappa shape index (κ2) is 8.56. The molecule has 0 aliphatic heterocycles. The molecule has 5 nitrogen and oxygen atoms in total. The third kappa shape index (κ3) is 5.22. The van der Waals surface area contributed by atoms with Crippen molar-refractivity contribution in [2.75, 3.05) is 12.9 Å². The summed E-state index contributed by atoms with van der Waals surface area (Å²) in [7, 11) is -2.15. The number of ether oxygens (including phenoxy) is 1. The molecule has 0 fully saturated rings. The number of carbonyl (C=O) groups excluding carboxylic acids is 1. The van der Waals surface area contributed by atoms with Gasteiger partial charge in [-0.25, -0.2) is 8.42 Å². The predicted molar refractivity (Wildman–Crippen MR) is 102 cm³/mol. The molecular formula is C19H22ClNO4S. The maximum Gasteiger partial charge on any atom is 0.236 e. The average molecular weight is 396 g/mol. The number of hydrogen-bond acceptors (Lipinski definition) is 4. The summed E-state index contributed by atoms with van der Waals surface area (Å²) in [5.74, 6) is -0.360. The lowest BCUT2D eigenvalue weighted by Gasteiger charge is -2.23. The topological polar surface area (TPSA) is 72.5 Å². The number of sulfone groups is 1. The molecule has 2 aromatic rings. The molecule has 0 saturated carbocycles. The van der Waals surface area contributed by atoms with E-state index in [2.05, 4.69) is 5.32 Å². The minimum atomic E-state index is -3.73. The fourth-order valence-electron chi connectivity index (χ4n) is 2.56. The molecule has 7 heteroatoms. The standard InChI is InChI=1S/C19H22ClNO4S/c1-13(2)19(14-4-8-16(25-3)9-5-14)21-18(22)12-26(23,24)17-10-6-15(20)7-11-17/h4-11,13,19H,12H2,1-3H3,(H,21,22). The van der Waals surface area contributed by atoms with Crippen LogP contribution in [0.3, 0.4) is 0 Å². The first kappa shape index (κ1) is 20.3. The van der Waals surface area contributed by atoms with Crippen molar-refractivity contribution in [1.82, 2.24) is 5.32 Å². The zero-order valence-electron chi connectivity index (χ0n) is 14.9. The van der Waals surface area contributed by atoms with Crippen molar-refractivity contribution in [2.45, 2.75) is 24.8 Å². The van der Waals surface area contributed by atoms with Crippen LogP contribution in [0.2, 0.25) is 5.02 Å². The van der Waals surface area contributed by atoms with Crippen LogP contribution >= 0.6 is 11.6 Å². The Labute approximate surface area is 159 Å². The molecule has 0 aromatic heterocycles. The van der Waals surface area contributed by atoms with E-state index in [4.69, 9.17) is 16.3 Å². The van der Waals surface area contributed by atoms with Gasteiger partial charge in [-0.1, -0.05) is 37.6 Å². The number of carbonyl (C=O) groups is 1. The van der Waals surface area contributed by atoms with Crippen molar-refractivity contribution in [3.8, 4) is 5.75 Å². The molecule has 0 radical (unpaired) electrons. The highest BCUT2D eigenvalue weighted by atomic mass is 35.5. The molecule has 1 atom stereocenters. The normalized spacial score (nSPS) is 12.7. The minimum absolute atomic E-state index is 0.0718. The Morgan fingerprint density at radius 3 is 2.15 bits per heavy atom. The van der Waals surface area contributed by atoms with Crippen LogP contribution in [-0.2, 0) is 14.6 Å². The van der Waals surface area contributed by atoms with Crippen molar-refractivity contribution >= 4 is 27.3 Å². The smallest absolute Gasteiger partial charge is 0.236 e. The lowest BCUT2D eigenvalue weighted by Crippen LogP contribution is -2.35. The van der Waals surface area contributed by atoms with Gasteiger partial charge in [-0.3, -0.25) is 4.79 Å². The second-order valence-corrected chi connectivity index (χ2v) is 8.70. The van der Waals surface area contributed by atoms with Gasteiger partial charge in [0, 0.05) is 5.02 Å². The summed E-state index contributed by atoms with van der Waals surface area (Å²) in [5.41, 5.74) is 0.887. The number of amides is 1. The van der Waals surface area contributed by atoms with Gasteiger partial charge in [0.1, 0.15) is 11.5 Å². The van der Waals surface area contributed by atoms with Gasteiger partial charge in [-0.05, 0) is 47.9 Å². The van der Waals surface area contributed by atoms with E-state index in [1.807, 2.05) is 26.0 Å². The van der Waals surface area contributed by atoms with Gasteiger partial charge in [0.25, 0.3) is 0 Å². The minimum Gasteiger partial charge on any atom is -0.497 e. The van der Waals surface area contributed by atoms with Gasteiger partial charge in [0.15, 0.2) is 9.84 Å². The van der Waals surface area contributed by atoms with E-state index >= 15 is 0 Å². The first-order valence-electron chi connectivity index (χ1n) is 8.14. The van der Waals surface area contributed by atoms with Crippen LogP contribution in [0.1, 0.15) is 25.5 Å². The summed E-state index contributed by atoms with van der Waals surface area (Å²) < 4.78 is 29.9. The van der Waals surface area contributed by atoms with E-state index in [-0.39, 0.29) is 16.9 Å². The van der Waals surface area contributed by atoms with Crippen molar-refractivity contribution in [2.24, 2.45) is 5.92 Å². The Kier molecular flexibility index (Phi) is 6.67. The number of rotatable bonds is 7. The molecule has 140 valence electrons. The summed E-state index contributed by atoms with van der Waals surface area (Å²) in [6.45, 7) is 3.92. The zero-order chi connectivity index (χ0) is 19.3. The van der Waals surface area contributed by atoms with Crippen molar-refractivity contribution in [1.29, 1.82) is 0 Å². The SMILES string of the molecule is COc1ccc(C(NC(=O)CS(=O)(=O)c2ccc(Cl)cc2)C(C)C)cc1. The monoisotopic (exact) mass is 395 g/mol. The zero-order valence-corrected chi connectivity index (χ0v) is 16.5. The summed E-state index contributed by atoms with van der Waals surface area (Å²) in [4.78, 5) is 12.4. The van der Waals surface area contributed by atoms with Gasteiger partial charge in [0.05, 0.1) is 18.0 Å². The first-order chi connectivity index (χ1) is 12.2. The van der Waals surface area contributed by atoms with Gasteiger partial charge in [0.2, 0.25) is 5.91 Å². The lowest BCUT2D eigenvalue weighted by molar-refractivity contribution is -0.119. The fraction of sp³-hybridized carbons (Fsp3) is 0.316. The molecule has 0 spiro atoms. The molecule has 0 aliphatic carbocycles. The number of methoxy groups -OCH3 is 1. The van der Waals surface area contributed by atoms with Gasteiger partial charge in [-0.15, -0.1) is 0 Å². The van der Waals surface area contributed by atoms with Crippen LogP contribution < -0.4 is 10.1 Å². The van der Waals surface area contributed by atoms with E-state index in [0.717, 1.165) is 5.56 Å². The van der Waals surface area contributed by atoms with Crippen molar-refractivity contribution in [3.05, 3.63) is 59.1 Å². The van der Waals surface area contributed by atoms with Gasteiger partial charge in [-0.2, -0.15) is 0 Å². The number of halogens is 1. The largest absolute Gasteiger partial charge is 0.497 e. The van der Waals surface area contributed by atoms with Crippen LogP contribution in [0.15, 0.2) is 53.4 Å². The van der Waals surface area contributed by atoms with E-state index in [0.29, 0.717) is 10.8 Å². The number of hydrogen-bond donors (Lipinski definition) is 1. The van der Waals surface area contributed by atoms with Crippen LogP contribution in [-0.4, -0.2) is 27.2 Å². The summed E-state index contributed by atoms with van der Waals surface area (Å²) >= 11 is 5.78. The summed E-state index contributed by atoms with van der Waals surface area (Å²) in [6, 6.07) is 12.8. The molecule has 0 aliphatic rings. The van der Waals surface area contributed by atoms with Gasteiger partial charge < -0.3 is 10.1 Å². The van der Waals surface area contributed by atoms with E-state index in [1.165, 1.54) is 24.3 Å². The van der Waals surface area contributed by atoms with Gasteiger partial charge >= 0.3 is 0 Å². The molecule has 0 heterocycles. The Morgan fingerprint density at radius 2 is 1.65 bits per heavy atom. The molecular weight excluding hydrogens is 374 g/mol. The summed E-state index contributed by atoms with van der Waals surface area (Å²) in [5, 5.41) is 3.26. The quantitative estimate of drug-likeness (QED) is 0.776. The molecule has 1 amide bonds. The highest BCUT2D eigenvalue weighted by molar-refractivity contribution is 7.92. The Bertz CT molecular complexity index is 846. The molecule has 1 unspecified atom stereocenters. The maximum atomic E-state index is 12.4. The molecule has 2 aromatic carbocycles. The maximum absolute atomic E-state index is 12.4. The average Bonchev–Trinajstić information content (AvgIpc) is 2.59. The predicted octanol–water partition coefficient (Wildman–Crippen LogP) is 3.64. The van der Waals surface area contributed by atoms with E-state index in [9.17, 15) is 13.2 Å². The van der Waals surface area contributed by atoms with E-state index < -0.39 is 21.5 Å². The second-order valence-electron chi connectivity index (χ2n) is 6.28. The summed E-state index contributed by atoms with van der Waals surface area (Å²) in [6.07, 6.45) is 0. The van der Waals surface area contributed by atoms with Crippen molar-refractivity contribution < 1.29 is 17.9 Å². The third-order valence-electron chi connectivity index (χ3n) is 3.95. The fourth-order valence-corrected chi connectivity index (χ4v) is 3.83. The van der Waals surface area contributed by atoms with Crippen LogP contribution in [0.4, 0.5) is 0 Å².